The summed E-state index contributed by atoms with van der Waals surface area (Å²) < 4.78 is 2.86. The fraction of sp³-hybridized carbons (Fsp3) is 0.429. The van der Waals surface area contributed by atoms with Crippen molar-refractivity contribution in [2.45, 2.75) is 39.3 Å². The Morgan fingerprint density at radius 3 is 2.70 bits per heavy atom. The van der Waals surface area contributed by atoms with Crippen molar-refractivity contribution in [3.05, 3.63) is 21.8 Å². The zero-order valence-corrected chi connectivity index (χ0v) is 14.2. The number of rotatable bonds is 2. The van der Waals surface area contributed by atoms with E-state index in [1.165, 1.54) is 0 Å². The van der Waals surface area contributed by atoms with Gasteiger partial charge in [0.2, 0.25) is 11.9 Å². The molecular weight excluding hydrogens is 367 g/mol. The van der Waals surface area contributed by atoms with Crippen LogP contribution < -0.4 is 11.1 Å². The Morgan fingerprint density at radius 1 is 1.45 bits per heavy atom. The Hall–Kier alpha value is -1.31. The molecule has 6 heteroatoms. The lowest BCUT2D eigenvalue weighted by molar-refractivity contribution is -0.125. The molecule has 1 heterocycles. The van der Waals surface area contributed by atoms with E-state index in [0.29, 0.717) is 5.95 Å². The van der Waals surface area contributed by atoms with Crippen molar-refractivity contribution in [1.29, 1.82) is 0 Å². The van der Waals surface area contributed by atoms with E-state index < -0.39 is 6.04 Å². The molecule has 0 spiro atoms. The highest BCUT2D eigenvalue weighted by atomic mass is 127. The Kier molecular flexibility index (Phi) is 3.95. The number of nitrogens with one attached hydrogen (secondary N) is 1. The number of hydrogen-bond acceptors (Lipinski definition) is 3. The fourth-order valence-corrected chi connectivity index (χ4v) is 2.56. The number of anilines is 1. The van der Waals surface area contributed by atoms with Crippen LogP contribution in [0.15, 0.2) is 18.2 Å². The predicted molar refractivity (Wildman–Crippen MR) is 89.5 cm³/mol. The SMILES string of the molecule is CC(C(=O)NC(C)(C)C)n1c(N)nc2cc(I)ccc21. The second-order valence-corrected chi connectivity index (χ2v) is 7.13. The van der Waals surface area contributed by atoms with Gasteiger partial charge in [-0.2, -0.15) is 0 Å². The summed E-state index contributed by atoms with van der Waals surface area (Å²) in [6.07, 6.45) is 0. The normalized spacial score (nSPS) is 13.4. The van der Waals surface area contributed by atoms with E-state index in [-0.39, 0.29) is 11.4 Å². The van der Waals surface area contributed by atoms with Crippen LogP contribution in [0.4, 0.5) is 5.95 Å². The first-order chi connectivity index (χ1) is 9.19. The third-order valence-corrected chi connectivity index (χ3v) is 3.61. The Bertz CT molecular complexity index is 657. The zero-order chi connectivity index (χ0) is 15.1. The predicted octanol–water partition coefficient (Wildman–Crippen LogP) is 2.70. The second kappa shape index (κ2) is 5.23. The standard InChI is InChI=1S/C14H19IN4O/c1-8(12(20)18-14(2,3)4)19-11-6-5-9(15)7-10(11)17-13(19)16/h5-8H,1-4H3,(H2,16,17)(H,18,20). The van der Waals surface area contributed by atoms with Gasteiger partial charge >= 0.3 is 0 Å². The second-order valence-electron chi connectivity index (χ2n) is 5.89. The average molecular weight is 386 g/mol. The molecule has 0 saturated carbocycles. The van der Waals surface area contributed by atoms with Gasteiger partial charge in [-0.1, -0.05) is 0 Å². The Morgan fingerprint density at radius 2 is 2.10 bits per heavy atom. The van der Waals surface area contributed by atoms with Crippen LogP contribution in [0.1, 0.15) is 33.7 Å². The summed E-state index contributed by atoms with van der Waals surface area (Å²) in [5.74, 6) is 0.292. The summed E-state index contributed by atoms with van der Waals surface area (Å²) in [4.78, 5) is 16.6. The van der Waals surface area contributed by atoms with Gasteiger partial charge in [0.05, 0.1) is 11.0 Å². The van der Waals surface area contributed by atoms with Gasteiger partial charge in [0.15, 0.2) is 0 Å². The highest BCUT2D eigenvalue weighted by Crippen LogP contribution is 2.24. The van der Waals surface area contributed by atoms with E-state index in [0.717, 1.165) is 14.6 Å². The molecule has 1 unspecified atom stereocenters. The molecule has 0 saturated heterocycles. The van der Waals surface area contributed by atoms with Crippen LogP contribution in [-0.2, 0) is 4.79 Å². The Balaban J connectivity index is 2.42. The average Bonchev–Trinajstić information content (AvgIpc) is 2.60. The minimum atomic E-state index is -0.403. The van der Waals surface area contributed by atoms with E-state index in [1.54, 1.807) is 4.57 Å². The summed E-state index contributed by atoms with van der Waals surface area (Å²) in [7, 11) is 0. The number of hydrogen-bond donors (Lipinski definition) is 2. The molecule has 108 valence electrons. The van der Waals surface area contributed by atoms with Gasteiger partial charge in [-0.15, -0.1) is 0 Å². The van der Waals surface area contributed by atoms with Crippen molar-refractivity contribution in [3.8, 4) is 0 Å². The van der Waals surface area contributed by atoms with Crippen molar-refractivity contribution < 1.29 is 4.79 Å². The van der Waals surface area contributed by atoms with Gasteiger partial charge in [0.1, 0.15) is 6.04 Å². The van der Waals surface area contributed by atoms with E-state index >= 15 is 0 Å². The summed E-state index contributed by atoms with van der Waals surface area (Å²) in [6.45, 7) is 7.69. The molecular formula is C14H19IN4O. The summed E-state index contributed by atoms with van der Waals surface area (Å²) in [5.41, 5.74) is 7.39. The maximum absolute atomic E-state index is 12.3. The number of imidazole rings is 1. The molecule has 1 aromatic heterocycles. The highest BCUT2D eigenvalue weighted by molar-refractivity contribution is 14.1. The van der Waals surface area contributed by atoms with Crippen LogP contribution in [0.2, 0.25) is 0 Å². The topological polar surface area (TPSA) is 72.9 Å². The van der Waals surface area contributed by atoms with Gasteiger partial charge < -0.3 is 11.1 Å². The summed E-state index contributed by atoms with van der Waals surface area (Å²) in [5, 5.41) is 2.97. The minimum absolute atomic E-state index is 0.0675. The first-order valence-corrected chi connectivity index (χ1v) is 7.52. The van der Waals surface area contributed by atoms with Crippen LogP contribution >= 0.6 is 22.6 Å². The molecule has 2 aromatic rings. The number of amides is 1. The molecule has 1 amide bonds. The van der Waals surface area contributed by atoms with E-state index in [2.05, 4.69) is 32.9 Å². The third kappa shape index (κ3) is 3.05. The van der Waals surface area contributed by atoms with E-state index in [1.807, 2.05) is 45.9 Å². The monoisotopic (exact) mass is 386 g/mol. The van der Waals surface area contributed by atoms with Crippen LogP contribution in [0.5, 0.6) is 0 Å². The molecule has 0 aliphatic rings. The van der Waals surface area contributed by atoms with Gasteiger partial charge in [-0.05, 0) is 68.5 Å². The van der Waals surface area contributed by atoms with Crippen molar-refractivity contribution in [3.63, 3.8) is 0 Å². The molecule has 0 aliphatic carbocycles. The third-order valence-electron chi connectivity index (χ3n) is 2.94. The smallest absolute Gasteiger partial charge is 0.243 e. The molecule has 0 radical (unpaired) electrons. The van der Waals surface area contributed by atoms with Gasteiger partial charge in [0, 0.05) is 9.11 Å². The van der Waals surface area contributed by atoms with Crippen molar-refractivity contribution in [1.82, 2.24) is 14.9 Å². The van der Waals surface area contributed by atoms with Crippen LogP contribution in [0, 0.1) is 3.57 Å². The molecule has 3 N–H and O–H groups in total. The Labute approximate surface area is 132 Å². The molecule has 20 heavy (non-hydrogen) atoms. The largest absolute Gasteiger partial charge is 0.369 e. The molecule has 0 fully saturated rings. The lowest BCUT2D eigenvalue weighted by Gasteiger charge is -2.24. The number of benzene rings is 1. The van der Waals surface area contributed by atoms with Crippen molar-refractivity contribution in [2.75, 3.05) is 5.73 Å². The maximum Gasteiger partial charge on any atom is 0.243 e. The van der Waals surface area contributed by atoms with Gasteiger partial charge in [-0.25, -0.2) is 4.98 Å². The highest BCUT2D eigenvalue weighted by Gasteiger charge is 2.23. The van der Waals surface area contributed by atoms with E-state index in [9.17, 15) is 4.79 Å². The minimum Gasteiger partial charge on any atom is -0.369 e. The summed E-state index contributed by atoms with van der Waals surface area (Å²) >= 11 is 2.23. The molecule has 1 atom stereocenters. The fourth-order valence-electron chi connectivity index (χ4n) is 2.09. The zero-order valence-electron chi connectivity index (χ0n) is 12.1. The lowest BCUT2D eigenvalue weighted by atomic mass is 10.1. The molecule has 2 rings (SSSR count). The number of halogens is 1. The number of carbonyl (C=O) groups is 1. The van der Waals surface area contributed by atoms with Crippen molar-refractivity contribution >= 4 is 45.5 Å². The number of nitrogens with two attached hydrogens (primary N) is 1. The number of fused-ring (bicyclic) bond motifs is 1. The lowest BCUT2D eigenvalue weighted by Crippen LogP contribution is -2.43. The number of nitrogens with zero attached hydrogens (tertiary/aromatic N) is 2. The molecule has 0 aliphatic heterocycles. The van der Waals surface area contributed by atoms with Crippen molar-refractivity contribution in [2.24, 2.45) is 0 Å². The number of nitrogen functional groups attached to an aromatic ring is 1. The van der Waals surface area contributed by atoms with Gasteiger partial charge in [0.25, 0.3) is 0 Å². The first-order valence-electron chi connectivity index (χ1n) is 6.44. The maximum atomic E-state index is 12.3. The van der Waals surface area contributed by atoms with E-state index in [4.69, 9.17) is 5.73 Å². The number of carbonyl (C=O) groups excluding carboxylic acids is 1. The molecule has 5 nitrogen and oxygen atoms in total. The van der Waals surface area contributed by atoms with Crippen LogP contribution in [-0.4, -0.2) is 21.0 Å². The van der Waals surface area contributed by atoms with Gasteiger partial charge in [-0.3, -0.25) is 9.36 Å². The quantitative estimate of drug-likeness (QED) is 0.780. The molecule has 0 bridgehead atoms. The number of aromatic nitrogens is 2. The van der Waals surface area contributed by atoms with Crippen LogP contribution in [0.25, 0.3) is 11.0 Å². The first kappa shape index (κ1) is 15.1. The summed E-state index contributed by atoms with van der Waals surface area (Å²) in [6, 6.07) is 5.48. The van der Waals surface area contributed by atoms with Crippen LogP contribution in [0.3, 0.4) is 0 Å². The molecule has 1 aromatic carbocycles.